The van der Waals surface area contributed by atoms with Crippen molar-refractivity contribution in [3.63, 3.8) is 0 Å². The van der Waals surface area contributed by atoms with E-state index in [-0.39, 0.29) is 28.0 Å². The first-order valence-corrected chi connectivity index (χ1v) is 11.7. The van der Waals surface area contributed by atoms with Crippen LogP contribution in [0.1, 0.15) is 22.8 Å². The maximum Gasteiger partial charge on any atom is 0.253 e. The molecule has 0 spiro atoms. The molecule has 0 radical (unpaired) electrons. The standard InChI is InChI=1S/C23H20ClN3O4S/c1-2-31-20-9-6-18(24)13-21(20)32(29,30)19-7-3-16(4-8-19)14-26-23(28)17-5-10-22-25-11-12-27(22)15-17/h3-13,15H,2,14H2,1H3,(H,26,28). The quantitative estimate of drug-likeness (QED) is 0.439. The number of benzene rings is 2. The number of nitrogens with zero attached hydrogens (tertiary/aromatic N) is 2. The molecule has 0 unspecified atom stereocenters. The van der Waals surface area contributed by atoms with Crippen LogP contribution in [0.15, 0.2) is 83.0 Å². The van der Waals surface area contributed by atoms with E-state index in [1.54, 1.807) is 66.3 Å². The first kappa shape index (κ1) is 21.9. The number of amides is 1. The molecule has 1 N–H and O–H groups in total. The van der Waals surface area contributed by atoms with Gasteiger partial charge in [0.1, 0.15) is 16.3 Å². The lowest BCUT2D eigenvalue weighted by molar-refractivity contribution is 0.0950. The number of carbonyl (C=O) groups excluding carboxylic acids is 1. The maximum atomic E-state index is 13.1. The molecule has 0 bridgehead atoms. The molecule has 2 aromatic carbocycles. The van der Waals surface area contributed by atoms with Gasteiger partial charge in [-0.05, 0) is 55.0 Å². The molecule has 4 rings (SSSR count). The van der Waals surface area contributed by atoms with Crippen molar-refractivity contribution in [3.05, 3.63) is 89.3 Å². The van der Waals surface area contributed by atoms with Crippen LogP contribution >= 0.6 is 11.6 Å². The highest BCUT2D eigenvalue weighted by Crippen LogP contribution is 2.32. The van der Waals surface area contributed by atoms with Gasteiger partial charge >= 0.3 is 0 Å². The van der Waals surface area contributed by atoms with Crippen molar-refractivity contribution in [2.75, 3.05) is 6.61 Å². The van der Waals surface area contributed by atoms with Crippen LogP contribution in [-0.4, -0.2) is 30.3 Å². The van der Waals surface area contributed by atoms with Gasteiger partial charge in [-0.3, -0.25) is 4.79 Å². The smallest absolute Gasteiger partial charge is 0.253 e. The summed E-state index contributed by atoms with van der Waals surface area (Å²) in [7, 11) is -3.83. The fourth-order valence-electron chi connectivity index (χ4n) is 3.22. The molecule has 2 aromatic heterocycles. The Kier molecular flexibility index (Phi) is 6.16. The number of imidazole rings is 1. The van der Waals surface area contributed by atoms with Gasteiger partial charge in [0.25, 0.3) is 5.91 Å². The second-order valence-electron chi connectivity index (χ2n) is 6.96. The Hall–Kier alpha value is -3.36. The predicted molar refractivity (Wildman–Crippen MR) is 121 cm³/mol. The van der Waals surface area contributed by atoms with E-state index in [4.69, 9.17) is 16.3 Å². The Morgan fingerprint density at radius 3 is 2.66 bits per heavy atom. The Morgan fingerprint density at radius 2 is 1.91 bits per heavy atom. The lowest BCUT2D eigenvalue weighted by Gasteiger charge is -2.12. The van der Waals surface area contributed by atoms with Gasteiger partial charge in [-0.25, -0.2) is 13.4 Å². The van der Waals surface area contributed by atoms with Crippen molar-refractivity contribution in [3.8, 4) is 5.75 Å². The summed E-state index contributed by atoms with van der Waals surface area (Å²) < 4.78 is 33.5. The highest BCUT2D eigenvalue weighted by atomic mass is 35.5. The van der Waals surface area contributed by atoms with Crippen molar-refractivity contribution in [1.29, 1.82) is 0 Å². The number of carbonyl (C=O) groups is 1. The minimum atomic E-state index is -3.83. The average Bonchev–Trinajstić information content (AvgIpc) is 3.27. The number of aromatic nitrogens is 2. The van der Waals surface area contributed by atoms with E-state index < -0.39 is 9.84 Å². The zero-order valence-corrected chi connectivity index (χ0v) is 18.7. The molecule has 0 atom stereocenters. The third-order valence-electron chi connectivity index (χ3n) is 4.83. The number of nitrogens with one attached hydrogen (secondary N) is 1. The van der Waals surface area contributed by atoms with Gasteiger partial charge in [0.15, 0.2) is 0 Å². The zero-order valence-electron chi connectivity index (χ0n) is 17.2. The summed E-state index contributed by atoms with van der Waals surface area (Å²) in [5.74, 6) is 0.0145. The summed E-state index contributed by atoms with van der Waals surface area (Å²) in [6.45, 7) is 2.36. The number of fused-ring (bicyclic) bond motifs is 1. The number of halogens is 1. The van der Waals surface area contributed by atoms with Crippen LogP contribution < -0.4 is 10.1 Å². The van der Waals surface area contributed by atoms with Gasteiger partial charge in [-0.15, -0.1) is 0 Å². The summed E-state index contributed by atoms with van der Waals surface area (Å²) in [6, 6.07) is 14.3. The minimum Gasteiger partial charge on any atom is -0.492 e. The molecule has 4 aromatic rings. The van der Waals surface area contributed by atoms with Gasteiger partial charge in [0.05, 0.1) is 17.1 Å². The average molecular weight is 470 g/mol. The Labute approximate surface area is 190 Å². The lowest BCUT2D eigenvalue weighted by atomic mass is 10.2. The van der Waals surface area contributed by atoms with Crippen molar-refractivity contribution < 1.29 is 17.9 Å². The van der Waals surface area contributed by atoms with E-state index in [1.165, 1.54) is 18.2 Å². The van der Waals surface area contributed by atoms with Crippen molar-refractivity contribution >= 4 is 33.0 Å². The van der Waals surface area contributed by atoms with E-state index in [9.17, 15) is 13.2 Å². The molecular weight excluding hydrogens is 450 g/mol. The first-order chi connectivity index (χ1) is 15.4. The van der Waals surface area contributed by atoms with Gasteiger partial charge in [-0.2, -0.15) is 0 Å². The largest absolute Gasteiger partial charge is 0.492 e. The van der Waals surface area contributed by atoms with Crippen LogP contribution in [0, 0.1) is 0 Å². The molecule has 164 valence electrons. The molecule has 9 heteroatoms. The molecule has 1 amide bonds. The van der Waals surface area contributed by atoms with Crippen LogP contribution in [0.25, 0.3) is 5.65 Å². The summed E-state index contributed by atoms with van der Waals surface area (Å²) in [5.41, 5.74) is 2.02. The number of hydrogen-bond acceptors (Lipinski definition) is 5. The number of hydrogen-bond donors (Lipinski definition) is 1. The molecule has 0 aliphatic heterocycles. The van der Waals surface area contributed by atoms with E-state index in [2.05, 4.69) is 10.3 Å². The molecule has 0 aliphatic carbocycles. The first-order valence-electron chi connectivity index (χ1n) is 9.86. The Balaban J connectivity index is 1.49. The van der Waals surface area contributed by atoms with Gasteiger partial charge < -0.3 is 14.5 Å². The van der Waals surface area contributed by atoms with Crippen LogP contribution in [-0.2, 0) is 16.4 Å². The molecule has 0 fully saturated rings. The van der Waals surface area contributed by atoms with E-state index in [0.29, 0.717) is 17.2 Å². The topological polar surface area (TPSA) is 89.8 Å². The summed E-state index contributed by atoms with van der Waals surface area (Å²) >= 11 is 6.02. The van der Waals surface area contributed by atoms with E-state index in [0.717, 1.165) is 11.2 Å². The Bertz CT molecular complexity index is 1380. The molecule has 7 nitrogen and oxygen atoms in total. The number of rotatable bonds is 7. The summed E-state index contributed by atoms with van der Waals surface area (Å²) in [6.07, 6.45) is 5.13. The highest BCUT2D eigenvalue weighted by Gasteiger charge is 2.23. The fourth-order valence-corrected chi connectivity index (χ4v) is 4.88. The third-order valence-corrected chi connectivity index (χ3v) is 6.86. The second kappa shape index (κ2) is 9.02. The third kappa shape index (κ3) is 4.46. The summed E-state index contributed by atoms with van der Waals surface area (Å²) in [4.78, 5) is 16.7. The van der Waals surface area contributed by atoms with Crippen molar-refractivity contribution in [1.82, 2.24) is 14.7 Å². The molecular formula is C23H20ClN3O4S. The van der Waals surface area contributed by atoms with Gasteiger partial charge in [0, 0.05) is 30.2 Å². The Morgan fingerprint density at radius 1 is 1.12 bits per heavy atom. The monoisotopic (exact) mass is 469 g/mol. The van der Waals surface area contributed by atoms with E-state index in [1.807, 2.05) is 0 Å². The maximum absolute atomic E-state index is 13.1. The van der Waals surface area contributed by atoms with Crippen LogP contribution in [0.3, 0.4) is 0 Å². The normalized spacial score (nSPS) is 11.4. The molecule has 32 heavy (non-hydrogen) atoms. The van der Waals surface area contributed by atoms with Crippen LogP contribution in [0.5, 0.6) is 5.75 Å². The molecule has 0 saturated heterocycles. The van der Waals surface area contributed by atoms with Crippen molar-refractivity contribution in [2.45, 2.75) is 23.3 Å². The SMILES string of the molecule is CCOc1ccc(Cl)cc1S(=O)(=O)c1ccc(CNC(=O)c2ccc3nccn3c2)cc1. The summed E-state index contributed by atoms with van der Waals surface area (Å²) in [5, 5.41) is 3.14. The number of pyridine rings is 1. The van der Waals surface area contributed by atoms with Crippen LogP contribution in [0.2, 0.25) is 5.02 Å². The zero-order chi connectivity index (χ0) is 22.7. The van der Waals surface area contributed by atoms with Crippen LogP contribution in [0.4, 0.5) is 0 Å². The lowest BCUT2D eigenvalue weighted by Crippen LogP contribution is -2.23. The molecule has 2 heterocycles. The molecule has 0 saturated carbocycles. The van der Waals surface area contributed by atoms with Gasteiger partial charge in [0.2, 0.25) is 9.84 Å². The predicted octanol–water partition coefficient (Wildman–Crippen LogP) is 4.15. The van der Waals surface area contributed by atoms with Gasteiger partial charge in [-0.1, -0.05) is 23.7 Å². The number of ether oxygens (including phenoxy) is 1. The second-order valence-corrected chi connectivity index (χ2v) is 9.32. The highest BCUT2D eigenvalue weighted by molar-refractivity contribution is 7.91. The minimum absolute atomic E-state index is 0.0165. The number of sulfone groups is 1. The molecule has 0 aliphatic rings. The fraction of sp³-hybridized carbons (Fsp3) is 0.130. The van der Waals surface area contributed by atoms with Crippen molar-refractivity contribution in [2.24, 2.45) is 0 Å². The van der Waals surface area contributed by atoms with E-state index >= 15 is 0 Å².